The fraction of sp³-hybridized carbons (Fsp3) is 0.364. The van der Waals surface area contributed by atoms with Gasteiger partial charge >= 0.3 is 0 Å². The summed E-state index contributed by atoms with van der Waals surface area (Å²) in [6.07, 6.45) is 3.58. The molecule has 70 valence electrons. The van der Waals surface area contributed by atoms with Gasteiger partial charge in [0, 0.05) is 12.0 Å². The maximum absolute atomic E-state index is 11.2. The Balaban J connectivity index is 2.50. The molecular weight excluding hydrogens is 162 g/mol. The molecule has 0 fully saturated rings. The van der Waals surface area contributed by atoms with Crippen LogP contribution in [0.4, 0.5) is 0 Å². The van der Waals surface area contributed by atoms with Crippen molar-refractivity contribution >= 4 is 6.21 Å². The van der Waals surface area contributed by atoms with Crippen LogP contribution in [0.5, 0.6) is 0 Å². The molecule has 0 unspecified atom stereocenters. The van der Waals surface area contributed by atoms with Crippen LogP contribution < -0.4 is 0 Å². The van der Waals surface area contributed by atoms with Gasteiger partial charge in [0.1, 0.15) is 0 Å². The second-order valence-corrected chi connectivity index (χ2v) is 3.03. The molecule has 0 bridgehead atoms. The molecule has 0 amide bonds. The zero-order valence-corrected chi connectivity index (χ0v) is 7.94. The molecule has 2 nitrogen and oxygen atoms in total. The van der Waals surface area contributed by atoms with E-state index in [2.05, 4.69) is 6.92 Å². The highest BCUT2D eigenvalue weighted by Gasteiger charge is 1.95. The van der Waals surface area contributed by atoms with Gasteiger partial charge < -0.3 is 5.21 Å². The molecule has 0 aliphatic carbocycles. The Morgan fingerprint density at radius 3 is 2.62 bits per heavy atom. The first-order valence-corrected chi connectivity index (χ1v) is 4.64. The third kappa shape index (κ3) is 3.74. The van der Waals surface area contributed by atoms with Gasteiger partial charge in [0.2, 0.25) is 0 Å². The molecule has 1 rings (SSSR count). The van der Waals surface area contributed by atoms with Crippen LogP contribution in [0.15, 0.2) is 30.3 Å². The first-order valence-electron chi connectivity index (χ1n) is 4.64. The molecule has 0 atom stereocenters. The van der Waals surface area contributed by atoms with E-state index in [1.165, 1.54) is 0 Å². The molecule has 0 spiro atoms. The van der Waals surface area contributed by atoms with Crippen LogP contribution in [0.1, 0.15) is 25.3 Å². The molecule has 2 heteroatoms. The van der Waals surface area contributed by atoms with Crippen LogP contribution in [-0.2, 0) is 6.54 Å². The topological polar surface area (TPSA) is 26.1 Å². The van der Waals surface area contributed by atoms with Gasteiger partial charge in [-0.3, -0.25) is 0 Å². The number of unbranched alkanes of at least 4 members (excludes halogenated alkanes) is 1. The Morgan fingerprint density at radius 2 is 2.00 bits per heavy atom. The van der Waals surface area contributed by atoms with Crippen LogP contribution >= 0.6 is 0 Å². The number of rotatable bonds is 4. The van der Waals surface area contributed by atoms with Crippen LogP contribution in [0, 0.1) is 5.21 Å². The predicted octanol–water partition coefficient (Wildman–Crippen LogP) is 2.57. The first-order chi connectivity index (χ1) is 6.33. The summed E-state index contributed by atoms with van der Waals surface area (Å²) in [6.45, 7) is 2.52. The minimum Gasteiger partial charge on any atom is -0.624 e. The molecule has 1 aromatic carbocycles. The van der Waals surface area contributed by atoms with Crippen LogP contribution in [0.3, 0.4) is 0 Å². The van der Waals surface area contributed by atoms with Crippen molar-refractivity contribution < 1.29 is 4.74 Å². The predicted molar refractivity (Wildman–Crippen MR) is 54.7 cm³/mol. The second kappa shape index (κ2) is 5.36. The van der Waals surface area contributed by atoms with Crippen molar-refractivity contribution in [1.82, 2.24) is 0 Å². The lowest BCUT2D eigenvalue weighted by Crippen LogP contribution is -2.04. The monoisotopic (exact) mass is 177 g/mol. The third-order valence-corrected chi connectivity index (χ3v) is 1.80. The number of hydrogen-bond acceptors (Lipinski definition) is 1. The van der Waals surface area contributed by atoms with Crippen molar-refractivity contribution in [3.63, 3.8) is 0 Å². The van der Waals surface area contributed by atoms with E-state index in [-0.39, 0.29) is 0 Å². The molecule has 13 heavy (non-hydrogen) atoms. The first kappa shape index (κ1) is 9.78. The highest BCUT2D eigenvalue weighted by molar-refractivity contribution is 5.51. The van der Waals surface area contributed by atoms with E-state index in [0.717, 1.165) is 23.1 Å². The largest absolute Gasteiger partial charge is 0.624 e. The smallest absolute Gasteiger partial charge is 0.178 e. The van der Waals surface area contributed by atoms with E-state index < -0.39 is 0 Å². The van der Waals surface area contributed by atoms with E-state index in [0.29, 0.717) is 6.54 Å². The maximum atomic E-state index is 11.2. The molecule has 1 aromatic rings. The third-order valence-electron chi connectivity index (χ3n) is 1.80. The van der Waals surface area contributed by atoms with Crippen molar-refractivity contribution in [2.45, 2.75) is 26.3 Å². The van der Waals surface area contributed by atoms with Gasteiger partial charge in [0.05, 0.1) is 0 Å². The average molecular weight is 177 g/mol. The average Bonchev–Trinajstić information content (AvgIpc) is 2.16. The molecule has 0 N–H and O–H groups in total. The highest BCUT2D eigenvalue weighted by atomic mass is 16.5. The summed E-state index contributed by atoms with van der Waals surface area (Å²) < 4.78 is 0.999. The molecule has 0 aliphatic rings. The molecule has 0 saturated heterocycles. The summed E-state index contributed by atoms with van der Waals surface area (Å²) in [5.41, 5.74) is 1.06. The Kier molecular flexibility index (Phi) is 4.03. The van der Waals surface area contributed by atoms with Gasteiger partial charge in [-0.25, -0.2) is 4.74 Å². The van der Waals surface area contributed by atoms with Crippen molar-refractivity contribution in [1.29, 1.82) is 0 Å². The van der Waals surface area contributed by atoms with Gasteiger partial charge in [0.15, 0.2) is 12.8 Å². The Morgan fingerprint density at radius 1 is 1.31 bits per heavy atom. The Bertz CT molecular complexity index is 267. The number of benzene rings is 1. The molecule has 0 heterocycles. The minimum absolute atomic E-state index is 0.459. The van der Waals surface area contributed by atoms with E-state index in [9.17, 15) is 5.21 Å². The zero-order chi connectivity index (χ0) is 9.52. The summed E-state index contributed by atoms with van der Waals surface area (Å²) in [5.74, 6) is 0. The molecule has 0 radical (unpaired) electrons. The molecule has 0 aliphatic heterocycles. The van der Waals surface area contributed by atoms with E-state index in [1.807, 2.05) is 30.3 Å². The highest BCUT2D eigenvalue weighted by Crippen LogP contribution is 1.99. The fourth-order valence-electron chi connectivity index (χ4n) is 1.10. The van der Waals surface area contributed by atoms with Gasteiger partial charge in [-0.05, 0) is 6.42 Å². The summed E-state index contributed by atoms with van der Waals surface area (Å²) in [5, 5.41) is 11.2. The lowest BCUT2D eigenvalue weighted by Gasteiger charge is -2.03. The number of nitrogens with zero attached hydrogens (tertiary/aromatic N) is 1. The van der Waals surface area contributed by atoms with Gasteiger partial charge in [-0.2, -0.15) is 0 Å². The Hall–Kier alpha value is -1.31. The minimum atomic E-state index is 0.459. The lowest BCUT2D eigenvalue weighted by molar-refractivity contribution is -0.471. The van der Waals surface area contributed by atoms with E-state index in [1.54, 1.807) is 6.21 Å². The van der Waals surface area contributed by atoms with Gasteiger partial charge in [-0.15, -0.1) is 0 Å². The SMILES string of the molecule is CCCC=[N+]([O-])Cc1ccccc1. The quantitative estimate of drug-likeness (QED) is 0.300. The van der Waals surface area contributed by atoms with Crippen LogP contribution in [0.25, 0.3) is 0 Å². The summed E-state index contributed by atoms with van der Waals surface area (Å²) in [7, 11) is 0. The molecule has 0 saturated carbocycles. The van der Waals surface area contributed by atoms with E-state index in [4.69, 9.17) is 0 Å². The van der Waals surface area contributed by atoms with Crippen LogP contribution in [-0.4, -0.2) is 11.0 Å². The van der Waals surface area contributed by atoms with Crippen molar-refractivity contribution in [2.75, 3.05) is 0 Å². The standard InChI is InChI=1S/C11H15NO/c1-2-3-9-12(13)10-11-7-5-4-6-8-11/h4-9H,2-3,10H2,1H3. The number of hydrogen-bond donors (Lipinski definition) is 0. The lowest BCUT2D eigenvalue weighted by atomic mass is 10.2. The molecule has 0 aromatic heterocycles. The normalized spacial score (nSPS) is 11.6. The van der Waals surface area contributed by atoms with Crippen molar-refractivity contribution in [3.05, 3.63) is 41.1 Å². The Labute approximate surface area is 79.1 Å². The summed E-state index contributed by atoms with van der Waals surface area (Å²) in [6, 6.07) is 9.77. The molecular formula is C11H15NO. The second-order valence-electron chi connectivity index (χ2n) is 3.03. The summed E-state index contributed by atoms with van der Waals surface area (Å²) >= 11 is 0. The number of hydroxylamine groups is 1. The van der Waals surface area contributed by atoms with Crippen LogP contribution in [0.2, 0.25) is 0 Å². The van der Waals surface area contributed by atoms with Gasteiger partial charge in [-0.1, -0.05) is 37.3 Å². The zero-order valence-electron chi connectivity index (χ0n) is 7.94. The van der Waals surface area contributed by atoms with Crippen molar-refractivity contribution in [2.24, 2.45) is 0 Å². The van der Waals surface area contributed by atoms with Gasteiger partial charge in [0.25, 0.3) is 0 Å². The maximum Gasteiger partial charge on any atom is 0.178 e. The summed E-state index contributed by atoms with van der Waals surface area (Å²) in [4.78, 5) is 0. The van der Waals surface area contributed by atoms with E-state index >= 15 is 0 Å². The fourth-order valence-corrected chi connectivity index (χ4v) is 1.10. The van der Waals surface area contributed by atoms with Crippen molar-refractivity contribution in [3.8, 4) is 0 Å².